The number of halogens is 1. The van der Waals surface area contributed by atoms with Crippen LogP contribution in [0.4, 0.5) is 4.39 Å². The number of likely N-dealkylation sites (tertiary alicyclic amines) is 1. The van der Waals surface area contributed by atoms with Gasteiger partial charge in [0.15, 0.2) is 0 Å². The van der Waals surface area contributed by atoms with Crippen LogP contribution in [0.1, 0.15) is 30.2 Å². The van der Waals surface area contributed by atoms with E-state index in [0.29, 0.717) is 0 Å². The first-order chi connectivity index (χ1) is 10.3. The van der Waals surface area contributed by atoms with E-state index >= 15 is 0 Å². The zero-order valence-electron chi connectivity index (χ0n) is 12.1. The number of benzene rings is 1. The van der Waals surface area contributed by atoms with Crippen LogP contribution in [-0.2, 0) is 6.54 Å². The summed E-state index contributed by atoms with van der Waals surface area (Å²) in [4.78, 5) is 2.47. The molecule has 1 unspecified atom stereocenters. The van der Waals surface area contributed by atoms with Gasteiger partial charge in [0.25, 0.3) is 0 Å². The third-order valence-corrected chi connectivity index (χ3v) is 4.03. The van der Waals surface area contributed by atoms with E-state index in [1.807, 2.05) is 24.3 Å². The molecular formula is C17H21FN2O. The SMILES string of the molecule is Fc1ccc(CNCC(c2ccco2)N2CCCC2)cc1. The minimum atomic E-state index is -0.190. The lowest BCUT2D eigenvalue weighted by Crippen LogP contribution is -2.33. The summed E-state index contributed by atoms with van der Waals surface area (Å²) in [5, 5.41) is 3.46. The monoisotopic (exact) mass is 288 g/mol. The van der Waals surface area contributed by atoms with Crippen LogP contribution in [0.25, 0.3) is 0 Å². The van der Waals surface area contributed by atoms with E-state index in [1.54, 1.807) is 6.26 Å². The lowest BCUT2D eigenvalue weighted by molar-refractivity contribution is 0.209. The molecule has 0 amide bonds. The number of hydrogen-bond acceptors (Lipinski definition) is 3. The van der Waals surface area contributed by atoms with Crippen LogP contribution < -0.4 is 5.32 Å². The highest BCUT2D eigenvalue weighted by atomic mass is 19.1. The summed E-state index contributed by atoms with van der Waals surface area (Å²) in [6, 6.07) is 10.9. The van der Waals surface area contributed by atoms with Crippen molar-refractivity contribution in [3.8, 4) is 0 Å². The lowest BCUT2D eigenvalue weighted by Gasteiger charge is -2.26. The molecule has 2 aromatic rings. The van der Waals surface area contributed by atoms with Crippen LogP contribution >= 0.6 is 0 Å². The number of nitrogens with zero attached hydrogens (tertiary/aromatic N) is 1. The van der Waals surface area contributed by atoms with Gasteiger partial charge < -0.3 is 9.73 Å². The van der Waals surface area contributed by atoms with E-state index in [9.17, 15) is 4.39 Å². The molecule has 1 N–H and O–H groups in total. The van der Waals surface area contributed by atoms with Gasteiger partial charge in [0, 0.05) is 13.1 Å². The Morgan fingerprint density at radius 1 is 1.14 bits per heavy atom. The largest absolute Gasteiger partial charge is 0.468 e. The standard InChI is InChI=1S/C17H21FN2O/c18-15-7-5-14(6-8-15)12-19-13-16(17-4-3-11-21-17)20-9-1-2-10-20/h3-8,11,16,19H,1-2,9-10,12-13H2. The Balaban J connectivity index is 1.58. The molecule has 0 radical (unpaired) electrons. The Kier molecular flexibility index (Phi) is 4.68. The van der Waals surface area contributed by atoms with Crippen LogP contribution in [0.5, 0.6) is 0 Å². The van der Waals surface area contributed by atoms with Gasteiger partial charge in [0.05, 0.1) is 12.3 Å². The van der Waals surface area contributed by atoms with Crippen molar-refractivity contribution in [2.45, 2.75) is 25.4 Å². The van der Waals surface area contributed by atoms with E-state index in [1.165, 1.54) is 25.0 Å². The molecular weight excluding hydrogens is 267 g/mol. The summed E-state index contributed by atoms with van der Waals surface area (Å²) in [5.74, 6) is 0.827. The highest BCUT2D eigenvalue weighted by Gasteiger charge is 2.24. The highest BCUT2D eigenvalue weighted by molar-refractivity contribution is 5.16. The summed E-state index contributed by atoms with van der Waals surface area (Å²) in [7, 11) is 0. The first-order valence-electron chi connectivity index (χ1n) is 7.55. The van der Waals surface area contributed by atoms with Gasteiger partial charge >= 0.3 is 0 Å². The zero-order chi connectivity index (χ0) is 14.5. The van der Waals surface area contributed by atoms with Crippen molar-refractivity contribution in [2.24, 2.45) is 0 Å². The smallest absolute Gasteiger partial charge is 0.123 e. The second-order valence-corrected chi connectivity index (χ2v) is 5.53. The lowest BCUT2D eigenvalue weighted by atomic mass is 10.1. The van der Waals surface area contributed by atoms with Crippen molar-refractivity contribution in [3.05, 3.63) is 59.8 Å². The van der Waals surface area contributed by atoms with Gasteiger partial charge in [-0.05, 0) is 55.8 Å². The van der Waals surface area contributed by atoms with Gasteiger partial charge in [-0.15, -0.1) is 0 Å². The third kappa shape index (κ3) is 3.71. The highest BCUT2D eigenvalue weighted by Crippen LogP contribution is 2.24. The Morgan fingerprint density at radius 3 is 2.57 bits per heavy atom. The summed E-state index contributed by atoms with van der Waals surface area (Å²) >= 11 is 0. The maximum Gasteiger partial charge on any atom is 0.123 e. The van der Waals surface area contributed by atoms with Crippen molar-refractivity contribution in [1.29, 1.82) is 0 Å². The fourth-order valence-electron chi connectivity index (χ4n) is 2.90. The molecule has 2 heterocycles. The quantitative estimate of drug-likeness (QED) is 0.883. The maximum absolute atomic E-state index is 12.9. The third-order valence-electron chi connectivity index (χ3n) is 4.03. The molecule has 1 saturated heterocycles. The molecule has 1 aliphatic heterocycles. The van der Waals surface area contributed by atoms with Crippen LogP contribution in [0.2, 0.25) is 0 Å². The van der Waals surface area contributed by atoms with Gasteiger partial charge in [-0.2, -0.15) is 0 Å². The van der Waals surface area contributed by atoms with E-state index in [2.05, 4.69) is 10.2 Å². The molecule has 1 fully saturated rings. The molecule has 3 nitrogen and oxygen atoms in total. The Morgan fingerprint density at radius 2 is 1.90 bits per heavy atom. The van der Waals surface area contributed by atoms with Crippen LogP contribution in [0.15, 0.2) is 47.1 Å². The number of rotatable bonds is 6. The maximum atomic E-state index is 12.9. The van der Waals surface area contributed by atoms with Crippen molar-refractivity contribution < 1.29 is 8.81 Å². The van der Waals surface area contributed by atoms with Crippen molar-refractivity contribution >= 4 is 0 Å². The molecule has 4 heteroatoms. The van der Waals surface area contributed by atoms with Crippen LogP contribution in [-0.4, -0.2) is 24.5 Å². The Hall–Kier alpha value is -1.65. The summed E-state index contributed by atoms with van der Waals surface area (Å²) < 4.78 is 18.5. The predicted molar refractivity (Wildman–Crippen MR) is 80.4 cm³/mol. The molecule has 1 aromatic heterocycles. The molecule has 0 saturated carbocycles. The first kappa shape index (κ1) is 14.3. The molecule has 1 aliphatic rings. The second-order valence-electron chi connectivity index (χ2n) is 5.53. The molecule has 1 atom stereocenters. The van der Waals surface area contributed by atoms with Gasteiger partial charge in [-0.1, -0.05) is 12.1 Å². The predicted octanol–water partition coefficient (Wildman–Crippen LogP) is 3.35. The molecule has 112 valence electrons. The van der Waals surface area contributed by atoms with E-state index in [4.69, 9.17) is 4.42 Å². The normalized spacial score (nSPS) is 17.2. The molecule has 21 heavy (non-hydrogen) atoms. The molecule has 0 aliphatic carbocycles. The zero-order valence-corrected chi connectivity index (χ0v) is 12.1. The average Bonchev–Trinajstić information content (AvgIpc) is 3.19. The number of furan rings is 1. The molecule has 0 spiro atoms. The van der Waals surface area contributed by atoms with Crippen LogP contribution in [0.3, 0.4) is 0 Å². The number of hydrogen-bond donors (Lipinski definition) is 1. The summed E-state index contributed by atoms with van der Waals surface area (Å²) in [5.41, 5.74) is 1.09. The fourth-order valence-corrected chi connectivity index (χ4v) is 2.90. The minimum Gasteiger partial charge on any atom is -0.468 e. The first-order valence-corrected chi connectivity index (χ1v) is 7.55. The van der Waals surface area contributed by atoms with Gasteiger partial charge in [-0.25, -0.2) is 4.39 Å². The molecule has 3 rings (SSSR count). The topological polar surface area (TPSA) is 28.4 Å². The fraction of sp³-hybridized carbons (Fsp3) is 0.412. The average molecular weight is 288 g/mol. The molecule has 0 bridgehead atoms. The second kappa shape index (κ2) is 6.87. The number of nitrogens with one attached hydrogen (secondary N) is 1. The summed E-state index contributed by atoms with van der Waals surface area (Å²) in [6.45, 7) is 3.84. The van der Waals surface area contributed by atoms with Gasteiger partial charge in [-0.3, -0.25) is 4.90 Å². The van der Waals surface area contributed by atoms with E-state index in [0.717, 1.165) is 37.5 Å². The Bertz CT molecular complexity index is 532. The minimum absolute atomic E-state index is 0.190. The Labute approximate surface area is 124 Å². The van der Waals surface area contributed by atoms with E-state index in [-0.39, 0.29) is 11.9 Å². The van der Waals surface area contributed by atoms with Crippen LogP contribution in [0, 0.1) is 5.82 Å². The van der Waals surface area contributed by atoms with Gasteiger partial charge in [0.2, 0.25) is 0 Å². The van der Waals surface area contributed by atoms with Gasteiger partial charge in [0.1, 0.15) is 11.6 Å². The van der Waals surface area contributed by atoms with Crippen molar-refractivity contribution in [1.82, 2.24) is 10.2 Å². The van der Waals surface area contributed by atoms with E-state index < -0.39 is 0 Å². The van der Waals surface area contributed by atoms with Crippen molar-refractivity contribution in [3.63, 3.8) is 0 Å². The summed E-state index contributed by atoms with van der Waals surface area (Å²) in [6.07, 6.45) is 4.25. The molecule has 1 aromatic carbocycles. The van der Waals surface area contributed by atoms with Crippen molar-refractivity contribution in [2.75, 3.05) is 19.6 Å².